The van der Waals surface area contributed by atoms with E-state index in [9.17, 15) is 0 Å². The quantitative estimate of drug-likeness (QED) is 0.0344. The zero-order chi connectivity index (χ0) is 49.5. The van der Waals surface area contributed by atoms with Crippen LogP contribution in [0.1, 0.15) is 176 Å². The highest BCUT2D eigenvalue weighted by atomic mass is 15.0. The second kappa shape index (κ2) is 25.0. The van der Waals surface area contributed by atoms with E-state index in [0.717, 1.165) is 118 Å². The van der Waals surface area contributed by atoms with Gasteiger partial charge in [-0.3, -0.25) is 0 Å². The first kappa shape index (κ1) is 50.2. The molecule has 8 heteroatoms. The number of hydrogen-bond acceptors (Lipinski definition) is 0. The minimum atomic E-state index is 0.954. The number of H-pyrrole nitrogens is 4. The van der Waals surface area contributed by atoms with E-state index in [1.165, 1.54) is 99.8 Å². The molecule has 0 spiro atoms. The lowest BCUT2D eigenvalue weighted by molar-refractivity contribution is -0.699. The predicted molar refractivity (Wildman–Crippen MR) is 291 cm³/mol. The number of aromatic nitrogens is 8. The first-order valence-electron chi connectivity index (χ1n) is 27.8. The first-order valence-corrected chi connectivity index (χ1v) is 27.8. The number of nitrogens with one attached hydrogen (secondary N) is 4. The van der Waals surface area contributed by atoms with E-state index < -0.39 is 0 Å². The van der Waals surface area contributed by atoms with E-state index in [1.54, 1.807) is 0 Å². The maximum Gasteiger partial charge on any atom is 0.216 e. The molecule has 0 aromatic carbocycles. The Morgan fingerprint density at radius 3 is 0.750 bits per heavy atom. The molecule has 9 heterocycles. The van der Waals surface area contributed by atoms with Crippen LogP contribution in [0.3, 0.4) is 0 Å². The minimum absolute atomic E-state index is 0.954. The van der Waals surface area contributed by atoms with Crippen LogP contribution in [0.2, 0.25) is 0 Å². The van der Waals surface area contributed by atoms with Crippen molar-refractivity contribution in [3.8, 4) is 0 Å². The van der Waals surface area contributed by atoms with Gasteiger partial charge in [-0.25, -0.2) is 0 Å². The highest BCUT2D eigenvalue weighted by Gasteiger charge is 2.27. The lowest BCUT2D eigenvalue weighted by atomic mass is 10.1. The van der Waals surface area contributed by atoms with Crippen molar-refractivity contribution in [2.24, 2.45) is 0 Å². The molecule has 0 radical (unpaired) electrons. The van der Waals surface area contributed by atoms with Crippen LogP contribution in [0.15, 0.2) is 146 Å². The summed E-state index contributed by atoms with van der Waals surface area (Å²) < 4.78 is 9.87. The average molecular weight is 961 g/mol. The Kier molecular flexibility index (Phi) is 17.4. The van der Waals surface area contributed by atoms with Crippen LogP contribution in [0.4, 0.5) is 0 Å². The number of aromatic amines is 4. The predicted octanol–water partition coefficient (Wildman–Crippen LogP) is 9.77. The first-order chi connectivity index (χ1) is 35.6. The van der Waals surface area contributed by atoms with Crippen molar-refractivity contribution < 1.29 is 18.3 Å². The van der Waals surface area contributed by atoms with Gasteiger partial charge in [-0.05, 0) is 98.5 Å². The average Bonchev–Trinajstić information content (AvgIpc) is 4.27. The largest absolute Gasteiger partial charge is 0.354 e. The maximum absolute atomic E-state index is 4.10. The smallest absolute Gasteiger partial charge is 0.216 e. The van der Waals surface area contributed by atoms with Gasteiger partial charge in [-0.15, -0.1) is 0 Å². The molecule has 0 fully saturated rings. The van der Waals surface area contributed by atoms with Crippen LogP contribution in [-0.4, -0.2) is 19.9 Å². The van der Waals surface area contributed by atoms with Crippen LogP contribution < -0.4 is 39.7 Å². The Morgan fingerprint density at radius 1 is 0.264 bits per heavy atom. The molecule has 0 amide bonds. The van der Waals surface area contributed by atoms with Crippen molar-refractivity contribution in [3.63, 3.8) is 0 Å². The molecule has 8 aromatic heterocycles. The number of rotatable bonds is 24. The Hall–Kier alpha value is -6.80. The highest BCUT2D eigenvalue weighted by molar-refractivity contribution is 5.81. The summed E-state index contributed by atoms with van der Waals surface area (Å²) in [7, 11) is 0. The molecule has 0 unspecified atom stereocenters. The number of nitrogens with zero attached hydrogens (tertiary/aromatic N) is 4. The molecule has 372 valence electrons. The molecule has 1 aliphatic rings. The minimum Gasteiger partial charge on any atom is -0.354 e. The standard InChI is InChI=1S/C64H78N8/c1-5-9-13-21-41-69-45-25-17-29-57(69)61-49-33-35-51(65-49)62(58-30-18-26-46-70(58)42-22-14-10-6-2)53-37-39-55(67-53)64(60-32-20-28-48-72(60)44-24-16-12-8-4)56-40-38-54(68-56)63(52-36-34-50(61)66-52)59-31-19-27-47-71(59)43-23-15-11-7-3/h17-20,25-40,45-48H,5-16,21-24,41-44H2,1-4H3,(H2,65,66,67,68)/q+2/p+2. The maximum atomic E-state index is 4.10. The molecular formula is C64H80N8+4. The van der Waals surface area contributed by atoms with E-state index in [-0.39, 0.29) is 0 Å². The highest BCUT2D eigenvalue weighted by Crippen LogP contribution is 2.26. The number of fused-ring (bicyclic) bond motifs is 8. The second-order valence-electron chi connectivity index (χ2n) is 20.0. The van der Waals surface area contributed by atoms with Crippen molar-refractivity contribution in [1.82, 2.24) is 19.9 Å². The van der Waals surface area contributed by atoms with E-state index in [0.29, 0.717) is 0 Å². The van der Waals surface area contributed by atoms with E-state index in [1.807, 2.05) is 0 Å². The van der Waals surface area contributed by atoms with Gasteiger partial charge in [0, 0.05) is 74.2 Å². The monoisotopic (exact) mass is 961 g/mol. The summed E-state index contributed by atoms with van der Waals surface area (Å²) in [5, 5.41) is 4.29. The Labute approximate surface area is 428 Å². The zero-order valence-electron chi connectivity index (χ0n) is 43.8. The summed E-state index contributed by atoms with van der Waals surface area (Å²) >= 11 is 0. The normalized spacial score (nSPS) is 12.6. The molecule has 1 aliphatic heterocycles. The zero-order valence-corrected chi connectivity index (χ0v) is 43.8. The van der Waals surface area contributed by atoms with Gasteiger partial charge >= 0.3 is 0 Å². The topological polar surface area (TPSA) is 78.7 Å². The third-order valence-electron chi connectivity index (χ3n) is 14.7. The van der Waals surface area contributed by atoms with Gasteiger partial charge in [0.2, 0.25) is 22.8 Å². The van der Waals surface area contributed by atoms with Crippen LogP contribution >= 0.6 is 0 Å². The van der Waals surface area contributed by atoms with E-state index in [4.69, 9.17) is 0 Å². The number of hydrogen-bond donors (Lipinski definition) is 4. The van der Waals surface area contributed by atoms with Gasteiger partial charge in [-0.2, -0.15) is 18.3 Å². The van der Waals surface area contributed by atoms with E-state index in [2.05, 4.69) is 212 Å². The number of aryl methyl sites for hydroxylation is 4. The van der Waals surface area contributed by atoms with E-state index >= 15 is 0 Å². The molecule has 0 saturated heterocycles. The van der Waals surface area contributed by atoms with Crippen LogP contribution in [0.25, 0.3) is 22.3 Å². The van der Waals surface area contributed by atoms with Crippen molar-refractivity contribution in [2.45, 2.75) is 157 Å². The fourth-order valence-electron chi connectivity index (χ4n) is 10.9. The second-order valence-corrected chi connectivity index (χ2v) is 20.0. The lowest BCUT2D eigenvalue weighted by Crippen LogP contribution is -2.40. The number of pyridine rings is 4. The van der Waals surface area contributed by atoms with Crippen molar-refractivity contribution in [2.75, 3.05) is 0 Å². The SMILES string of the molecule is CCCCCC[n+]1ccccc1C1=c2ccc([nH]2)=C(c2cccc[n+]2CCCCCC)c2ccc([nH]2)C(c2cccc[n+]2CCCCCC)=c2ccc([nH]2)=C(c2cccc[n+]2CCCCCC)c2ccc1[nH]2. The number of unbranched alkanes of at least 4 members (excludes halogenated alkanes) is 12. The molecule has 8 aromatic rings. The van der Waals surface area contributed by atoms with Gasteiger partial charge in [0.05, 0.1) is 66.5 Å². The van der Waals surface area contributed by atoms with Gasteiger partial charge in [0.1, 0.15) is 26.2 Å². The molecular weight excluding hydrogens is 881 g/mol. The van der Waals surface area contributed by atoms with Crippen LogP contribution in [0.5, 0.6) is 0 Å². The van der Waals surface area contributed by atoms with Crippen molar-refractivity contribution in [3.05, 3.63) is 213 Å². The lowest BCUT2D eigenvalue weighted by Gasteiger charge is -2.10. The molecule has 0 saturated carbocycles. The molecule has 0 atom stereocenters. The molecule has 0 aliphatic carbocycles. The molecule has 8 bridgehead atoms. The van der Waals surface area contributed by atoms with Crippen LogP contribution in [0, 0.1) is 0 Å². The van der Waals surface area contributed by atoms with Gasteiger partial charge in [-0.1, -0.05) is 79.1 Å². The van der Waals surface area contributed by atoms with Gasteiger partial charge in [0.25, 0.3) is 0 Å². The third-order valence-corrected chi connectivity index (χ3v) is 14.7. The Balaban J connectivity index is 1.36. The molecule has 9 rings (SSSR count). The Bertz CT molecular complexity index is 2850. The summed E-state index contributed by atoms with van der Waals surface area (Å²) in [6.07, 6.45) is 28.3. The molecule has 4 N–H and O–H groups in total. The van der Waals surface area contributed by atoms with Crippen molar-refractivity contribution >= 4 is 22.3 Å². The molecule has 8 nitrogen and oxygen atoms in total. The molecule has 72 heavy (non-hydrogen) atoms. The summed E-state index contributed by atoms with van der Waals surface area (Å²) in [6, 6.07) is 45.2. The van der Waals surface area contributed by atoms with Gasteiger partial charge < -0.3 is 19.9 Å². The van der Waals surface area contributed by atoms with Crippen molar-refractivity contribution in [1.29, 1.82) is 0 Å². The summed E-state index contributed by atoms with van der Waals surface area (Å²) in [5.74, 6) is 0. The summed E-state index contributed by atoms with van der Waals surface area (Å²) in [4.78, 5) is 16.4. The fraction of sp³-hybridized carbons (Fsp3) is 0.375. The van der Waals surface area contributed by atoms with Gasteiger partial charge in [0.15, 0.2) is 24.8 Å². The summed E-state index contributed by atoms with van der Waals surface area (Å²) in [5.41, 5.74) is 13.6. The summed E-state index contributed by atoms with van der Waals surface area (Å²) in [6.45, 7) is 13.0. The third kappa shape index (κ3) is 11.6. The Morgan fingerprint density at radius 2 is 0.514 bits per heavy atom. The fourth-order valence-corrected chi connectivity index (χ4v) is 10.9. The van der Waals surface area contributed by atoms with Crippen LogP contribution in [-0.2, 0) is 26.2 Å².